The standard InChI is InChI=1S/C15H11N3S/c16-9-11-1-3-12(4-2-11)10-18-15-13-6-8-19-14(13)5-7-17-15/h1-8H,10H2,(H,17,18). The number of benzene rings is 1. The first kappa shape index (κ1) is 11.7. The highest BCUT2D eigenvalue weighted by atomic mass is 32.1. The Bertz CT molecular complexity index is 738. The first-order chi connectivity index (χ1) is 9.36. The average molecular weight is 265 g/mol. The molecular formula is C15H11N3S. The van der Waals surface area contributed by atoms with Gasteiger partial charge in [0.05, 0.1) is 11.6 Å². The molecule has 0 amide bonds. The summed E-state index contributed by atoms with van der Waals surface area (Å²) in [6, 6.07) is 13.8. The van der Waals surface area contributed by atoms with Crippen molar-refractivity contribution < 1.29 is 0 Å². The Kier molecular flexibility index (Phi) is 3.13. The van der Waals surface area contributed by atoms with Crippen molar-refractivity contribution in [2.75, 3.05) is 5.32 Å². The zero-order chi connectivity index (χ0) is 13.1. The van der Waals surface area contributed by atoms with Crippen molar-refractivity contribution in [3.63, 3.8) is 0 Å². The maximum absolute atomic E-state index is 8.76. The lowest BCUT2D eigenvalue weighted by Gasteiger charge is -2.06. The van der Waals surface area contributed by atoms with E-state index in [2.05, 4.69) is 27.8 Å². The predicted octanol–water partition coefficient (Wildman–Crippen LogP) is 3.78. The van der Waals surface area contributed by atoms with Gasteiger partial charge >= 0.3 is 0 Å². The molecule has 0 saturated carbocycles. The van der Waals surface area contributed by atoms with E-state index in [1.54, 1.807) is 11.3 Å². The summed E-state index contributed by atoms with van der Waals surface area (Å²) >= 11 is 1.71. The molecule has 0 radical (unpaired) electrons. The van der Waals surface area contributed by atoms with E-state index in [4.69, 9.17) is 5.26 Å². The summed E-state index contributed by atoms with van der Waals surface area (Å²) in [5, 5.41) is 15.3. The highest BCUT2D eigenvalue weighted by Gasteiger charge is 2.02. The Morgan fingerprint density at radius 3 is 2.79 bits per heavy atom. The van der Waals surface area contributed by atoms with Crippen LogP contribution in [0.3, 0.4) is 0 Å². The molecule has 2 heterocycles. The van der Waals surface area contributed by atoms with Crippen molar-refractivity contribution in [1.29, 1.82) is 5.26 Å². The topological polar surface area (TPSA) is 48.7 Å². The zero-order valence-corrected chi connectivity index (χ0v) is 10.9. The number of hydrogen-bond acceptors (Lipinski definition) is 4. The third-order valence-electron chi connectivity index (χ3n) is 2.92. The van der Waals surface area contributed by atoms with Crippen molar-refractivity contribution in [2.45, 2.75) is 6.54 Å². The van der Waals surface area contributed by atoms with Crippen LogP contribution in [-0.2, 0) is 6.54 Å². The highest BCUT2D eigenvalue weighted by molar-refractivity contribution is 7.17. The minimum atomic E-state index is 0.682. The second-order valence-electron chi connectivity index (χ2n) is 4.15. The molecule has 0 spiro atoms. The maximum Gasteiger partial charge on any atom is 0.134 e. The molecule has 3 nitrogen and oxygen atoms in total. The van der Waals surface area contributed by atoms with Crippen molar-refractivity contribution in [2.24, 2.45) is 0 Å². The van der Waals surface area contributed by atoms with Crippen molar-refractivity contribution >= 4 is 27.2 Å². The number of nitriles is 1. The Morgan fingerprint density at radius 1 is 1.16 bits per heavy atom. The van der Waals surface area contributed by atoms with Crippen LogP contribution in [0.2, 0.25) is 0 Å². The van der Waals surface area contributed by atoms with Crippen LogP contribution in [0.4, 0.5) is 5.82 Å². The zero-order valence-electron chi connectivity index (χ0n) is 10.1. The first-order valence-electron chi connectivity index (χ1n) is 5.92. The minimum Gasteiger partial charge on any atom is -0.365 e. The molecule has 0 aliphatic carbocycles. The smallest absolute Gasteiger partial charge is 0.134 e. The van der Waals surface area contributed by atoms with Gasteiger partial charge in [-0.05, 0) is 35.2 Å². The summed E-state index contributed by atoms with van der Waals surface area (Å²) in [6.45, 7) is 0.702. The van der Waals surface area contributed by atoms with Gasteiger partial charge < -0.3 is 5.32 Å². The maximum atomic E-state index is 8.76. The first-order valence-corrected chi connectivity index (χ1v) is 6.80. The molecule has 4 heteroatoms. The Balaban J connectivity index is 1.78. The van der Waals surface area contributed by atoms with Gasteiger partial charge in [-0.1, -0.05) is 12.1 Å². The van der Waals surface area contributed by atoms with Crippen LogP contribution < -0.4 is 5.32 Å². The summed E-state index contributed by atoms with van der Waals surface area (Å²) in [7, 11) is 0. The molecule has 0 bridgehead atoms. The van der Waals surface area contributed by atoms with Crippen molar-refractivity contribution in [1.82, 2.24) is 4.98 Å². The number of anilines is 1. The van der Waals surface area contributed by atoms with Crippen LogP contribution >= 0.6 is 11.3 Å². The molecule has 0 aliphatic heterocycles. The Hall–Kier alpha value is -2.38. The lowest BCUT2D eigenvalue weighted by molar-refractivity contribution is 1.12. The van der Waals surface area contributed by atoms with E-state index >= 15 is 0 Å². The van der Waals surface area contributed by atoms with Gasteiger partial charge in [0, 0.05) is 22.8 Å². The number of nitrogens with zero attached hydrogens (tertiary/aromatic N) is 2. The van der Waals surface area contributed by atoms with Gasteiger partial charge in [-0.2, -0.15) is 5.26 Å². The number of aromatic nitrogens is 1. The highest BCUT2D eigenvalue weighted by Crippen LogP contribution is 2.25. The minimum absolute atomic E-state index is 0.682. The third kappa shape index (κ3) is 2.42. The average Bonchev–Trinajstić information content (AvgIpc) is 2.94. The fourth-order valence-electron chi connectivity index (χ4n) is 1.92. The number of rotatable bonds is 3. The van der Waals surface area contributed by atoms with E-state index in [0.29, 0.717) is 12.1 Å². The molecule has 0 saturated heterocycles. The monoisotopic (exact) mass is 265 g/mol. The summed E-state index contributed by atoms with van der Waals surface area (Å²) < 4.78 is 1.23. The number of hydrogen-bond donors (Lipinski definition) is 1. The quantitative estimate of drug-likeness (QED) is 0.784. The summed E-state index contributed by atoms with van der Waals surface area (Å²) in [4.78, 5) is 4.37. The molecule has 92 valence electrons. The Morgan fingerprint density at radius 2 is 2.00 bits per heavy atom. The summed E-state index contributed by atoms with van der Waals surface area (Å²) in [5.74, 6) is 0.906. The van der Waals surface area contributed by atoms with Crippen LogP contribution in [0.15, 0.2) is 48.0 Å². The summed E-state index contributed by atoms with van der Waals surface area (Å²) in [5.41, 5.74) is 1.81. The van der Waals surface area contributed by atoms with Crippen molar-refractivity contribution in [3.05, 3.63) is 59.1 Å². The van der Waals surface area contributed by atoms with E-state index < -0.39 is 0 Å². The normalized spacial score (nSPS) is 10.3. The molecule has 2 aromatic heterocycles. The van der Waals surface area contributed by atoms with Gasteiger partial charge in [-0.3, -0.25) is 0 Å². The molecule has 0 fully saturated rings. The largest absolute Gasteiger partial charge is 0.365 e. The molecule has 3 rings (SSSR count). The molecule has 0 aliphatic rings. The molecule has 1 aromatic carbocycles. The lowest BCUT2D eigenvalue weighted by atomic mass is 10.1. The van der Waals surface area contributed by atoms with Gasteiger partial charge in [0.2, 0.25) is 0 Å². The van der Waals surface area contributed by atoms with Gasteiger partial charge in [-0.25, -0.2) is 4.98 Å². The van der Waals surface area contributed by atoms with Gasteiger partial charge in [0.25, 0.3) is 0 Å². The van der Waals surface area contributed by atoms with Gasteiger partial charge in [0.1, 0.15) is 5.82 Å². The number of fused-ring (bicyclic) bond motifs is 1. The SMILES string of the molecule is N#Cc1ccc(CNc2nccc3sccc23)cc1. The van der Waals surface area contributed by atoms with Crippen LogP contribution in [0, 0.1) is 11.3 Å². The van der Waals surface area contributed by atoms with Gasteiger partial charge in [-0.15, -0.1) is 11.3 Å². The number of pyridine rings is 1. The molecular weight excluding hydrogens is 254 g/mol. The van der Waals surface area contributed by atoms with E-state index in [9.17, 15) is 0 Å². The molecule has 19 heavy (non-hydrogen) atoms. The van der Waals surface area contributed by atoms with Crippen LogP contribution in [0.5, 0.6) is 0 Å². The number of nitrogens with one attached hydrogen (secondary N) is 1. The fourth-order valence-corrected chi connectivity index (χ4v) is 2.70. The summed E-state index contributed by atoms with van der Waals surface area (Å²) in [6.07, 6.45) is 1.82. The van der Waals surface area contributed by atoms with Gasteiger partial charge in [0.15, 0.2) is 0 Å². The van der Waals surface area contributed by atoms with E-state index in [1.807, 2.05) is 36.5 Å². The lowest BCUT2D eigenvalue weighted by Crippen LogP contribution is -2.01. The Labute approximate surface area is 115 Å². The number of thiophene rings is 1. The van der Waals surface area contributed by atoms with E-state index in [-0.39, 0.29) is 0 Å². The molecule has 3 aromatic rings. The van der Waals surface area contributed by atoms with E-state index in [1.165, 1.54) is 4.70 Å². The third-order valence-corrected chi connectivity index (χ3v) is 3.80. The second kappa shape index (κ2) is 5.09. The van der Waals surface area contributed by atoms with E-state index in [0.717, 1.165) is 16.8 Å². The fraction of sp³-hybridized carbons (Fsp3) is 0.0667. The van der Waals surface area contributed by atoms with Crippen LogP contribution in [0.25, 0.3) is 10.1 Å². The molecule has 0 unspecified atom stereocenters. The van der Waals surface area contributed by atoms with Crippen LogP contribution in [0.1, 0.15) is 11.1 Å². The second-order valence-corrected chi connectivity index (χ2v) is 5.10. The van der Waals surface area contributed by atoms with Crippen LogP contribution in [-0.4, -0.2) is 4.98 Å². The van der Waals surface area contributed by atoms with Crippen molar-refractivity contribution in [3.8, 4) is 6.07 Å². The molecule has 0 atom stereocenters. The predicted molar refractivity (Wildman–Crippen MR) is 78.1 cm³/mol. The molecule has 1 N–H and O–H groups in total.